The summed E-state index contributed by atoms with van der Waals surface area (Å²) >= 11 is 5.70. The number of methoxy groups -OCH3 is 1. The van der Waals surface area contributed by atoms with Gasteiger partial charge in [-0.1, -0.05) is 17.7 Å². The van der Waals surface area contributed by atoms with Crippen molar-refractivity contribution in [3.8, 4) is 5.75 Å². The van der Waals surface area contributed by atoms with Crippen LogP contribution in [-0.4, -0.2) is 30.0 Å². The fourth-order valence-electron chi connectivity index (χ4n) is 2.01. The number of esters is 1. The number of nitrogens with zero attached hydrogens (tertiary/aromatic N) is 1. The predicted molar refractivity (Wildman–Crippen MR) is 94.6 cm³/mol. The minimum absolute atomic E-state index is 0.0814. The van der Waals surface area contributed by atoms with Crippen molar-refractivity contribution in [3.05, 3.63) is 63.2 Å². The fourth-order valence-corrected chi connectivity index (χ4v) is 2.19. The quantitative estimate of drug-likeness (QED) is 0.468. The van der Waals surface area contributed by atoms with Crippen LogP contribution in [0.15, 0.2) is 42.5 Å². The first-order valence-corrected chi connectivity index (χ1v) is 7.79. The molecule has 2 aromatic carbocycles. The van der Waals surface area contributed by atoms with Crippen LogP contribution in [0.4, 0.5) is 11.4 Å². The fraction of sp³-hybridized carbons (Fsp3) is 0.176. The van der Waals surface area contributed by atoms with Crippen molar-refractivity contribution < 1.29 is 24.0 Å². The highest BCUT2D eigenvalue weighted by molar-refractivity contribution is 6.32. The Bertz CT molecular complexity index is 855. The van der Waals surface area contributed by atoms with Crippen molar-refractivity contribution in [2.75, 3.05) is 12.4 Å². The lowest BCUT2D eigenvalue weighted by Crippen LogP contribution is -2.30. The topological polar surface area (TPSA) is 108 Å². The summed E-state index contributed by atoms with van der Waals surface area (Å²) in [5.41, 5.74) is -0.0314. The average molecular weight is 379 g/mol. The number of ether oxygens (including phenoxy) is 2. The van der Waals surface area contributed by atoms with Gasteiger partial charge < -0.3 is 14.8 Å². The van der Waals surface area contributed by atoms with E-state index in [1.165, 1.54) is 26.2 Å². The molecule has 0 fully saturated rings. The number of halogens is 1. The Labute approximate surface area is 153 Å². The molecular weight excluding hydrogens is 364 g/mol. The van der Waals surface area contributed by atoms with E-state index < -0.39 is 28.6 Å². The molecule has 0 aromatic heterocycles. The Morgan fingerprint density at radius 1 is 1.23 bits per heavy atom. The van der Waals surface area contributed by atoms with E-state index in [2.05, 4.69) is 5.32 Å². The Kier molecular flexibility index (Phi) is 6.13. The number of nitro benzene ring substituents is 1. The molecule has 0 aliphatic heterocycles. The van der Waals surface area contributed by atoms with Crippen molar-refractivity contribution in [3.63, 3.8) is 0 Å². The highest BCUT2D eigenvalue weighted by Gasteiger charge is 2.22. The monoisotopic (exact) mass is 378 g/mol. The molecule has 1 amide bonds. The molecule has 2 rings (SSSR count). The predicted octanol–water partition coefficient (Wildman–Crippen LogP) is 3.44. The molecule has 2 aromatic rings. The molecule has 0 saturated carbocycles. The maximum atomic E-state index is 12.1. The highest BCUT2D eigenvalue weighted by atomic mass is 35.5. The van der Waals surface area contributed by atoms with Crippen LogP contribution in [-0.2, 0) is 9.53 Å². The molecule has 9 heteroatoms. The summed E-state index contributed by atoms with van der Waals surface area (Å²) in [6, 6.07) is 10.2. The minimum atomic E-state index is -1.12. The molecule has 0 saturated heterocycles. The number of carbonyl (C=O) groups is 2. The van der Waals surface area contributed by atoms with Crippen LogP contribution in [0.3, 0.4) is 0 Å². The zero-order chi connectivity index (χ0) is 19.3. The van der Waals surface area contributed by atoms with E-state index in [9.17, 15) is 19.7 Å². The Morgan fingerprint density at radius 2 is 1.96 bits per heavy atom. The van der Waals surface area contributed by atoms with E-state index in [0.29, 0.717) is 11.4 Å². The van der Waals surface area contributed by atoms with Crippen LogP contribution < -0.4 is 10.1 Å². The molecule has 0 heterocycles. The Morgan fingerprint density at radius 3 is 2.62 bits per heavy atom. The second kappa shape index (κ2) is 8.30. The van der Waals surface area contributed by atoms with Gasteiger partial charge in [-0.2, -0.15) is 0 Å². The molecule has 0 aliphatic carbocycles. The second-order valence-electron chi connectivity index (χ2n) is 5.19. The van der Waals surface area contributed by atoms with Gasteiger partial charge in [0.25, 0.3) is 11.6 Å². The van der Waals surface area contributed by atoms with E-state index in [1.807, 2.05) is 0 Å². The van der Waals surface area contributed by atoms with E-state index in [-0.39, 0.29) is 10.6 Å². The van der Waals surface area contributed by atoms with Gasteiger partial charge in [0.2, 0.25) is 0 Å². The minimum Gasteiger partial charge on any atom is -0.497 e. The number of amides is 1. The number of hydrogen-bond donors (Lipinski definition) is 1. The molecule has 8 nitrogen and oxygen atoms in total. The van der Waals surface area contributed by atoms with Crippen molar-refractivity contribution in [2.45, 2.75) is 13.0 Å². The number of benzene rings is 2. The number of anilines is 1. The van der Waals surface area contributed by atoms with Gasteiger partial charge in [0.15, 0.2) is 6.10 Å². The number of hydrogen-bond acceptors (Lipinski definition) is 6. The van der Waals surface area contributed by atoms with Gasteiger partial charge in [-0.05, 0) is 31.2 Å². The summed E-state index contributed by atoms with van der Waals surface area (Å²) in [5.74, 6) is -0.881. The van der Waals surface area contributed by atoms with Crippen LogP contribution in [0.2, 0.25) is 5.02 Å². The van der Waals surface area contributed by atoms with Gasteiger partial charge in [0.1, 0.15) is 10.8 Å². The molecule has 1 N–H and O–H groups in total. The smallest absolute Gasteiger partial charge is 0.339 e. The summed E-state index contributed by atoms with van der Waals surface area (Å²) in [4.78, 5) is 34.4. The van der Waals surface area contributed by atoms with E-state index in [4.69, 9.17) is 21.1 Å². The van der Waals surface area contributed by atoms with Crippen LogP contribution in [0.25, 0.3) is 0 Å². The van der Waals surface area contributed by atoms with Crippen LogP contribution in [0.1, 0.15) is 17.3 Å². The van der Waals surface area contributed by atoms with Gasteiger partial charge in [-0.15, -0.1) is 0 Å². The summed E-state index contributed by atoms with van der Waals surface area (Å²) in [6.45, 7) is 1.39. The standard InChI is InChI=1S/C17H15ClN2O6/c1-10(16(21)19-12-4-3-5-13(9-12)25-2)26-17(22)11-6-7-14(18)15(8-11)20(23)24/h3-10H,1-2H3,(H,19,21)/t10-/m1/s1. The number of nitrogens with one attached hydrogen (secondary N) is 1. The average Bonchev–Trinajstić information content (AvgIpc) is 2.61. The summed E-state index contributed by atoms with van der Waals surface area (Å²) < 4.78 is 10.1. The Hall–Kier alpha value is -3.13. The summed E-state index contributed by atoms with van der Waals surface area (Å²) in [5, 5.41) is 13.4. The third-order valence-corrected chi connectivity index (χ3v) is 3.69. The molecule has 0 spiro atoms. The molecule has 0 unspecified atom stereocenters. The van der Waals surface area contributed by atoms with E-state index >= 15 is 0 Å². The van der Waals surface area contributed by atoms with Crippen molar-refractivity contribution in [1.82, 2.24) is 0 Å². The maximum absolute atomic E-state index is 12.1. The molecule has 1 atom stereocenters. The van der Waals surface area contributed by atoms with Gasteiger partial charge in [0, 0.05) is 17.8 Å². The first kappa shape index (κ1) is 19.2. The molecule has 0 aliphatic rings. The normalized spacial score (nSPS) is 11.3. The van der Waals surface area contributed by atoms with Crippen molar-refractivity contribution >= 4 is 34.9 Å². The van der Waals surface area contributed by atoms with Crippen molar-refractivity contribution in [1.29, 1.82) is 0 Å². The summed E-state index contributed by atoms with van der Waals surface area (Å²) in [6.07, 6.45) is -1.12. The first-order chi connectivity index (χ1) is 12.3. The first-order valence-electron chi connectivity index (χ1n) is 7.41. The van der Waals surface area contributed by atoms with Crippen LogP contribution in [0.5, 0.6) is 5.75 Å². The number of rotatable bonds is 6. The Balaban J connectivity index is 2.05. The summed E-state index contributed by atoms with van der Waals surface area (Å²) in [7, 11) is 1.50. The van der Waals surface area contributed by atoms with E-state index in [0.717, 1.165) is 6.07 Å². The maximum Gasteiger partial charge on any atom is 0.339 e. The zero-order valence-corrected chi connectivity index (χ0v) is 14.6. The van der Waals surface area contributed by atoms with Gasteiger partial charge >= 0.3 is 5.97 Å². The molecule has 0 radical (unpaired) electrons. The second-order valence-corrected chi connectivity index (χ2v) is 5.60. The largest absolute Gasteiger partial charge is 0.497 e. The lowest BCUT2D eigenvalue weighted by Gasteiger charge is -2.14. The van der Waals surface area contributed by atoms with Crippen LogP contribution in [0, 0.1) is 10.1 Å². The lowest BCUT2D eigenvalue weighted by atomic mass is 10.2. The number of carbonyl (C=O) groups excluding carboxylic acids is 2. The van der Waals surface area contributed by atoms with Crippen LogP contribution >= 0.6 is 11.6 Å². The van der Waals surface area contributed by atoms with Gasteiger partial charge in [-0.25, -0.2) is 4.79 Å². The molecule has 26 heavy (non-hydrogen) atoms. The third-order valence-electron chi connectivity index (χ3n) is 3.37. The highest BCUT2D eigenvalue weighted by Crippen LogP contribution is 2.25. The molecule has 136 valence electrons. The zero-order valence-electron chi connectivity index (χ0n) is 13.9. The van der Waals surface area contributed by atoms with Gasteiger partial charge in [-0.3, -0.25) is 14.9 Å². The molecule has 0 bridgehead atoms. The SMILES string of the molecule is COc1cccc(NC(=O)[C@@H](C)OC(=O)c2ccc(Cl)c([N+](=O)[O-])c2)c1. The van der Waals surface area contributed by atoms with Crippen molar-refractivity contribution in [2.24, 2.45) is 0 Å². The third kappa shape index (κ3) is 4.70. The lowest BCUT2D eigenvalue weighted by molar-refractivity contribution is -0.384. The molecular formula is C17H15ClN2O6. The van der Waals surface area contributed by atoms with E-state index in [1.54, 1.807) is 24.3 Å². The number of nitro groups is 1. The van der Waals surface area contributed by atoms with Gasteiger partial charge in [0.05, 0.1) is 17.6 Å².